The molecule has 0 unspecified atom stereocenters. The fraction of sp³-hybridized carbons (Fsp3) is 0.545. The van der Waals surface area contributed by atoms with Gasteiger partial charge in [-0.2, -0.15) is 0 Å². The number of amides is 1. The molecule has 0 aromatic carbocycles. The third kappa shape index (κ3) is 5.10. The third-order valence-electron chi connectivity index (χ3n) is 2.29. The minimum Gasteiger partial charge on any atom is -0.377 e. The van der Waals surface area contributed by atoms with Crippen molar-refractivity contribution in [3.63, 3.8) is 0 Å². The van der Waals surface area contributed by atoms with Crippen molar-refractivity contribution >= 4 is 37.0 Å². The topological polar surface area (TPSA) is 63.7 Å². The van der Waals surface area contributed by atoms with Crippen molar-refractivity contribution in [1.82, 2.24) is 4.90 Å². The van der Waals surface area contributed by atoms with E-state index in [0.29, 0.717) is 18.7 Å². The smallest absolute Gasteiger partial charge is 0.270 e. The van der Waals surface area contributed by atoms with Gasteiger partial charge >= 0.3 is 0 Å². The van der Waals surface area contributed by atoms with Crippen molar-refractivity contribution in [2.75, 3.05) is 20.2 Å². The lowest BCUT2D eigenvalue weighted by molar-refractivity contribution is 0.0532. The summed E-state index contributed by atoms with van der Waals surface area (Å²) in [6, 6.07) is 1.29. The number of carbonyl (C=O) groups excluding carboxylic acids is 1. The van der Waals surface area contributed by atoms with E-state index in [-0.39, 0.29) is 16.2 Å². The minimum absolute atomic E-state index is 0.0238. The molecule has 1 aromatic rings. The zero-order chi connectivity index (χ0) is 14.6. The molecule has 0 radical (unpaired) electrons. The third-order valence-corrected chi connectivity index (χ3v) is 5.33. The largest absolute Gasteiger partial charge is 0.377 e. The first kappa shape index (κ1) is 16.4. The average molecular weight is 326 g/mol. The summed E-state index contributed by atoms with van der Waals surface area (Å²) in [6.07, 6.45) is 0.109. The summed E-state index contributed by atoms with van der Waals surface area (Å²) in [7, 11) is 3.08. The molecule has 19 heavy (non-hydrogen) atoms. The van der Waals surface area contributed by atoms with Gasteiger partial charge in [0.25, 0.3) is 15.0 Å². The number of rotatable bonds is 6. The Hall–Kier alpha value is -0.630. The van der Waals surface area contributed by atoms with Gasteiger partial charge in [-0.1, -0.05) is 0 Å². The maximum atomic E-state index is 12.0. The molecule has 0 fully saturated rings. The number of hydrogen-bond donors (Lipinski definition) is 0. The summed E-state index contributed by atoms with van der Waals surface area (Å²) >= 11 is 0.932. The van der Waals surface area contributed by atoms with Gasteiger partial charge in [-0.25, -0.2) is 8.42 Å². The maximum absolute atomic E-state index is 12.0. The van der Waals surface area contributed by atoms with Crippen LogP contribution in [0.25, 0.3) is 0 Å². The Kier molecular flexibility index (Phi) is 5.79. The van der Waals surface area contributed by atoms with Gasteiger partial charge in [0.1, 0.15) is 4.21 Å². The first-order valence-corrected chi connectivity index (χ1v) is 8.81. The molecule has 0 atom stereocenters. The van der Waals surface area contributed by atoms with Gasteiger partial charge in [0, 0.05) is 29.7 Å². The summed E-state index contributed by atoms with van der Waals surface area (Å²) in [4.78, 5) is 13.5. The van der Waals surface area contributed by atoms with E-state index in [0.717, 1.165) is 11.3 Å². The molecule has 0 bridgehead atoms. The number of hydrogen-bond acceptors (Lipinski definition) is 5. The fourth-order valence-corrected chi connectivity index (χ4v) is 3.24. The number of nitrogens with zero attached hydrogens (tertiary/aromatic N) is 1. The number of likely N-dealkylation sites (N-methyl/N-ethyl adjacent to an activating group) is 1. The second-order valence-electron chi connectivity index (χ2n) is 4.24. The highest BCUT2D eigenvalue weighted by atomic mass is 35.7. The zero-order valence-electron chi connectivity index (χ0n) is 10.9. The second-order valence-corrected chi connectivity index (χ2v) is 7.94. The van der Waals surface area contributed by atoms with Crippen LogP contribution in [0.1, 0.15) is 24.2 Å². The van der Waals surface area contributed by atoms with Crippen LogP contribution in [-0.4, -0.2) is 45.5 Å². The Morgan fingerprint density at radius 3 is 2.63 bits per heavy atom. The zero-order valence-corrected chi connectivity index (χ0v) is 13.3. The molecule has 1 aromatic heterocycles. The van der Waals surface area contributed by atoms with Crippen molar-refractivity contribution in [3.05, 3.63) is 17.0 Å². The number of ether oxygens (including phenoxy) is 1. The average Bonchev–Trinajstić information content (AvgIpc) is 2.76. The maximum Gasteiger partial charge on any atom is 0.270 e. The molecular formula is C11H16ClNO4S2. The summed E-state index contributed by atoms with van der Waals surface area (Å²) in [5.74, 6) is -0.254. The number of carbonyl (C=O) groups is 1. The van der Waals surface area contributed by atoms with Crippen LogP contribution >= 0.6 is 22.0 Å². The molecule has 8 heteroatoms. The monoisotopic (exact) mass is 325 g/mol. The van der Waals surface area contributed by atoms with Gasteiger partial charge in [0.15, 0.2) is 0 Å². The lowest BCUT2D eigenvalue weighted by Gasteiger charge is -2.17. The van der Waals surface area contributed by atoms with Gasteiger partial charge in [0.05, 0.1) is 18.3 Å². The highest BCUT2D eigenvalue weighted by Crippen LogP contribution is 2.24. The minimum atomic E-state index is -3.77. The van der Waals surface area contributed by atoms with Gasteiger partial charge in [-0.05, 0) is 19.9 Å². The summed E-state index contributed by atoms with van der Waals surface area (Å²) in [5.41, 5.74) is 0.316. The van der Waals surface area contributed by atoms with Crippen molar-refractivity contribution < 1.29 is 17.9 Å². The van der Waals surface area contributed by atoms with Gasteiger partial charge in [-0.3, -0.25) is 4.79 Å². The molecule has 1 heterocycles. The van der Waals surface area contributed by atoms with Crippen LogP contribution in [0.15, 0.2) is 15.7 Å². The summed E-state index contributed by atoms with van der Waals surface area (Å²) in [5, 5.41) is 1.48. The Bertz CT molecular complexity index is 539. The Balaban J connectivity index is 2.65. The van der Waals surface area contributed by atoms with E-state index in [1.54, 1.807) is 7.05 Å². The van der Waals surface area contributed by atoms with Gasteiger partial charge in [0.2, 0.25) is 0 Å². The van der Waals surface area contributed by atoms with E-state index in [1.165, 1.54) is 16.3 Å². The van der Waals surface area contributed by atoms with Crippen molar-refractivity contribution in [3.8, 4) is 0 Å². The van der Waals surface area contributed by atoms with Crippen LogP contribution < -0.4 is 0 Å². The summed E-state index contributed by atoms with van der Waals surface area (Å²) in [6.45, 7) is 4.71. The van der Waals surface area contributed by atoms with Crippen molar-refractivity contribution in [1.29, 1.82) is 0 Å². The van der Waals surface area contributed by atoms with Crippen LogP contribution in [0.3, 0.4) is 0 Å². The van der Waals surface area contributed by atoms with E-state index >= 15 is 0 Å². The van der Waals surface area contributed by atoms with Gasteiger partial charge < -0.3 is 9.64 Å². The van der Waals surface area contributed by atoms with Crippen LogP contribution in [0.2, 0.25) is 0 Å². The van der Waals surface area contributed by atoms with Crippen LogP contribution in [0, 0.1) is 0 Å². The summed E-state index contributed by atoms with van der Waals surface area (Å²) < 4.78 is 27.6. The quantitative estimate of drug-likeness (QED) is 0.752. The Labute approximate surface area is 121 Å². The lowest BCUT2D eigenvalue weighted by Crippen LogP contribution is -2.30. The molecule has 0 aliphatic rings. The molecule has 1 amide bonds. The molecule has 0 spiro atoms. The molecule has 0 saturated heterocycles. The van der Waals surface area contributed by atoms with Gasteiger partial charge in [-0.15, -0.1) is 11.3 Å². The van der Waals surface area contributed by atoms with E-state index in [2.05, 4.69) is 0 Å². The normalized spacial score (nSPS) is 11.8. The molecule has 0 saturated carbocycles. The first-order chi connectivity index (χ1) is 8.71. The van der Waals surface area contributed by atoms with Crippen molar-refractivity contribution in [2.24, 2.45) is 0 Å². The molecule has 0 N–H and O–H groups in total. The fourth-order valence-electron chi connectivity index (χ4n) is 1.30. The lowest BCUT2D eigenvalue weighted by atomic mass is 10.3. The Morgan fingerprint density at radius 2 is 2.16 bits per heavy atom. The standard InChI is InChI=1S/C11H16ClNO4S2/c1-8(2)17-5-4-13(3)11(14)9-6-10(18-7-9)19(12,15)16/h6-8H,4-5H2,1-3H3. The van der Waals surface area contributed by atoms with Crippen LogP contribution in [-0.2, 0) is 13.8 Å². The predicted molar refractivity (Wildman–Crippen MR) is 75.4 cm³/mol. The highest BCUT2D eigenvalue weighted by molar-refractivity contribution is 8.15. The SMILES string of the molecule is CC(C)OCCN(C)C(=O)c1csc(S(=O)(=O)Cl)c1. The molecule has 0 aliphatic heterocycles. The van der Waals surface area contributed by atoms with Crippen LogP contribution in [0.4, 0.5) is 0 Å². The van der Waals surface area contributed by atoms with Crippen LogP contribution in [0.5, 0.6) is 0 Å². The van der Waals surface area contributed by atoms with E-state index in [4.69, 9.17) is 15.4 Å². The predicted octanol–water partition coefficient (Wildman–Crippen LogP) is 2.17. The molecule has 108 valence electrons. The molecular weight excluding hydrogens is 310 g/mol. The van der Waals surface area contributed by atoms with E-state index in [9.17, 15) is 13.2 Å². The van der Waals surface area contributed by atoms with E-state index < -0.39 is 9.05 Å². The highest BCUT2D eigenvalue weighted by Gasteiger charge is 2.18. The molecule has 0 aliphatic carbocycles. The second kappa shape index (κ2) is 6.69. The number of halogens is 1. The van der Waals surface area contributed by atoms with Crippen molar-refractivity contribution in [2.45, 2.75) is 24.2 Å². The Morgan fingerprint density at radius 1 is 1.53 bits per heavy atom. The van der Waals surface area contributed by atoms with E-state index in [1.807, 2.05) is 13.8 Å². The molecule has 1 rings (SSSR count). The number of thiophene rings is 1. The first-order valence-electron chi connectivity index (χ1n) is 5.62. The molecule has 5 nitrogen and oxygen atoms in total.